The number of hydrogen-bond acceptors (Lipinski definition) is 4. The van der Waals surface area contributed by atoms with Crippen molar-refractivity contribution in [2.75, 3.05) is 40.4 Å². The average molecular weight is 349 g/mol. The quantitative estimate of drug-likeness (QED) is 0.801. The van der Waals surface area contributed by atoms with Gasteiger partial charge < -0.3 is 14.8 Å². The molecule has 6 heteroatoms. The summed E-state index contributed by atoms with van der Waals surface area (Å²) >= 11 is 0. The van der Waals surface area contributed by atoms with Gasteiger partial charge in [0, 0.05) is 43.9 Å². The molecular weight excluding hydrogens is 323 g/mol. The summed E-state index contributed by atoms with van der Waals surface area (Å²) in [5.74, 6) is 1.71. The number of piperazine rings is 1. The minimum absolute atomic E-state index is 0. The van der Waals surface area contributed by atoms with Gasteiger partial charge in [-0.1, -0.05) is 12.1 Å². The summed E-state index contributed by atoms with van der Waals surface area (Å²) in [4.78, 5) is 2.49. The maximum atomic E-state index is 5.55. The van der Waals surface area contributed by atoms with E-state index in [-0.39, 0.29) is 24.8 Å². The van der Waals surface area contributed by atoms with Gasteiger partial charge >= 0.3 is 0 Å². The van der Waals surface area contributed by atoms with Crippen LogP contribution in [-0.4, -0.2) is 45.3 Å². The van der Waals surface area contributed by atoms with Gasteiger partial charge in [0.1, 0.15) is 11.5 Å². The highest BCUT2D eigenvalue weighted by atomic mass is 35.5. The van der Waals surface area contributed by atoms with Crippen LogP contribution >= 0.6 is 24.8 Å². The van der Waals surface area contributed by atoms with Crippen LogP contribution in [0.3, 0.4) is 0 Å². The van der Waals surface area contributed by atoms with Gasteiger partial charge in [-0.05, 0) is 12.5 Å². The molecule has 4 nitrogen and oxygen atoms in total. The molecule has 1 N–H and O–H groups in total. The molecule has 22 heavy (non-hydrogen) atoms. The van der Waals surface area contributed by atoms with E-state index < -0.39 is 0 Å². The number of nitrogens with zero attached hydrogens (tertiary/aromatic N) is 1. The van der Waals surface area contributed by atoms with Gasteiger partial charge in [-0.3, -0.25) is 4.90 Å². The minimum atomic E-state index is 0. The Morgan fingerprint density at radius 1 is 1.23 bits per heavy atom. The van der Waals surface area contributed by atoms with Crippen LogP contribution in [0.25, 0.3) is 0 Å². The summed E-state index contributed by atoms with van der Waals surface area (Å²) in [6, 6.07) is 6.37. The lowest BCUT2D eigenvalue weighted by Crippen LogP contribution is -2.45. The Bertz CT molecular complexity index is 452. The average Bonchev–Trinajstić information content (AvgIpc) is 2.53. The molecule has 1 atom stereocenters. The lowest BCUT2D eigenvalue weighted by atomic mass is 9.99. The number of rotatable bonds is 6. The van der Waals surface area contributed by atoms with Crippen molar-refractivity contribution in [3.63, 3.8) is 0 Å². The predicted octanol–water partition coefficient (Wildman–Crippen LogP) is 3.07. The molecule has 1 aliphatic rings. The number of hydrogen-bond donors (Lipinski definition) is 1. The molecule has 0 saturated carbocycles. The molecular formula is C16H26Cl2N2O2. The Morgan fingerprint density at radius 2 is 1.91 bits per heavy atom. The highest BCUT2D eigenvalue weighted by Crippen LogP contribution is 2.34. The van der Waals surface area contributed by atoms with Crippen molar-refractivity contribution in [1.29, 1.82) is 0 Å². The van der Waals surface area contributed by atoms with E-state index in [4.69, 9.17) is 9.47 Å². The first-order chi connectivity index (χ1) is 9.80. The van der Waals surface area contributed by atoms with Crippen LogP contribution in [0.2, 0.25) is 0 Å². The maximum absolute atomic E-state index is 5.55. The van der Waals surface area contributed by atoms with Crippen molar-refractivity contribution < 1.29 is 9.47 Å². The Kier molecular flexibility index (Phi) is 10.3. The number of methoxy groups -OCH3 is 2. The monoisotopic (exact) mass is 348 g/mol. The molecule has 1 aromatic rings. The first-order valence-corrected chi connectivity index (χ1v) is 7.07. The Morgan fingerprint density at radius 3 is 2.45 bits per heavy atom. The Labute approximate surface area is 145 Å². The topological polar surface area (TPSA) is 33.7 Å². The zero-order valence-electron chi connectivity index (χ0n) is 13.2. The van der Waals surface area contributed by atoms with Crippen LogP contribution in [0, 0.1) is 0 Å². The van der Waals surface area contributed by atoms with Crippen molar-refractivity contribution >= 4 is 24.8 Å². The molecule has 1 aromatic carbocycles. The summed E-state index contributed by atoms with van der Waals surface area (Å²) < 4.78 is 10.8. The summed E-state index contributed by atoms with van der Waals surface area (Å²) in [5, 5.41) is 3.39. The van der Waals surface area contributed by atoms with E-state index in [2.05, 4.69) is 22.9 Å². The van der Waals surface area contributed by atoms with Gasteiger partial charge in [-0.15, -0.1) is 31.4 Å². The van der Waals surface area contributed by atoms with Crippen molar-refractivity contribution in [2.45, 2.75) is 12.5 Å². The molecule has 0 radical (unpaired) electrons. The van der Waals surface area contributed by atoms with E-state index >= 15 is 0 Å². The minimum Gasteiger partial charge on any atom is -0.497 e. The fourth-order valence-electron chi connectivity index (χ4n) is 2.72. The second kappa shape index (κ2) is 10.7. The third-order valence-corrected chi connectivity index (χ3v) is 3.78. The van der Waals surface area contributed by atoms with E-state index in [1.54, 1.807) is 14.2 Å². The van der Waals surface area contributed by atoms with Gasteiger partial charge in [0.2, 0.25) is 0 Å². The molecule has 2 rings (SSSR count). The third-order valence-electron chi connectivity index (χ3n) is 3.78. The number of nitrogens with one attached hydrogen (secondary N) is 1. The third kappa shape index (κ3) is 5.06. The summed E-state index contributed by atoms with van der Waals surface area (Å²) in [6.45, 7) is 8.07. The molecule has 0 amide bonds. The van der Waals surface area contributed by atoms with Gasteiger partial charge in [0.15, 0.2) is 0 Å². The maximum Gasteiger partial charge on any atom is 0.127 e. The van der Waals surface area contributed by atoms with E-state index in [0.717, 1.165) is 44.1 Å². The van der Waals surface area contributed by atoms with Gasteiger partial charge in [0.05, 0.1) is 14.2 Å². The molecule has 1 saturated heterocycles. The highest BCUT2D eigenvalue weighted by molar-refractivity contribution is 5.85. The molecule has 1 fully saturated rings. The standard InChI is InChI=1S/C16H24N2O2.2ClH/c1-4-5-15(18-10-8-17-9-11-18)14-7-6-13(19-2)12-16(14)20-3;;/h4,6-7,12,15,17H,1,5,8-11H2,2-3H3;2*1H/t15-;;/m1../s1. The van der Waals surface area contributed by atoms with Gasteiger partial charge in [-0.25, -0.2) is 0 Å². The molecule has 0 bridgehead atoms. The second-order valence-electron chi connectivity index (χ2n) is 4.93. The van der Waals surface area contributed by atoms with Crippen LogP contribution < -0.4 is 14.8 Å². The van der Waals surface area contributed by atoms with Crippen molar-refractivity contribution in [1.82, 2.24) is 10.2 Å². The largest absolute Gasteiger partial charge is 0.497 e. The predicted molar refractivity (Wildman–Crippen MR) is 96.0 cm³/mol. The lowest BCUT2D eigenvalue weighted by molar-refractivity contribution is 0.171. The second-order valence-corrected chi connectivity index (χ2v) is 4.93. The molecule has 1 aliphatic heterocycles. The van der Waals surface area contributed by atoms with Crippen LogP contribution in [0.5, 0.6) is 11.5 Å². The van der Waals surface area contributed by atoms with Crippen LogP contribution in [0.1, 0.15) is 18.0 Å². The van der Waals surface area contributed by atoms with Crippen LogP contribution in [0.4, 0.5) is 0 Å². The van der Waals surface area contributed by atoms with E-state index in [9.17, 15) is 0 Å². The summed E-state index contributed by atoms with van der Waals surface area (Å²) in [5.41, 5.74) is 1.20. The van der Waals surface area contributed by atoms with E-state index in [1.807, 2.05) is 18.2 Å². The number of halogens is 2. The number of benzene rings is 1. The van der Waals surface area contributed by atoms with Crippen molar-refractivity contribution in [2.24, 2.45) is 0 Å². The fraction of sp³-hybridized carbons (Fsp3) is 0.500. The lowest BCUT2D eigenvalue weighted by Gasteiger charge is -2.35. The SMILES string of the molecule is C=CC[C@H](c1ccc(OC)cc1OC)N1CCNCC1.Cl.Cl. The summed E-state index contributed by atoms with van der Waals surface area (Å²) in [6.07, 6.45) is 2.90. The van der Waals surface area contributed by atoms with E-state index in [0.29, 0.717) is 6.04 Å². The molecule has 1 heterocycles. The van der Waals surface area contributed by atoms with Gasteiger partial charge in [0.25, 0.3) is 0 Å². The fourth-order valence-corrected chi connectivity index (χ4v) is 2.72. The normalized spacial score (nSPS) is 15.9. The molecule has 0 aliphatic carbocycles. The van der Waals surface area contributed by atoms with Crippen molar-refractivity contribution in [3.05, 3.63) is 36.4 Å². The zero-order chi connectivity index (χ0) is 14.4. The molecule has 0 spiro atoms. The van der Waals surface area contributed by atoms with Gasteiger partial charge in [-0.2, -0.15) is 0 Å². The zero-order valence-corrected chi connectivity index (χ0v) is 14.8. The smallest absolute Gasteiger partial charge is 0.127 e. The first kappa shape index (κ1) is 21.1. The van der Waals surface area contributed by atoms with Crippen LogP contribution in [-0.2, 0) is 0 Å². The van der Waals surface area contributed by atoms with Crippen LogP contribution in [0.15, 0.2) is 30.9 Å². The molecule has 0 aromatic heterocycles. The van der Waals surface area contributed by atoms with Crippen molar-refractivity contribution in [3.8, 4) is 11.5 Å². The number of ether oxygens (including phenoxy) is 2. The molecule has 126 valence electrons. The van der Waals surface area contributed by atoms with E-state index in [1.165, 1.54) is 5.56 Å². The first-order valence-electron chi connectivity index (χ1n) is 7.07. The summed E-state index contributed by atoms with van der Waals surface area (Å²) in [7, 11) is 3.38. The Hall–Kier alpha value is -0.940. The Balaban J connectivity index is 0.00000220. The highest BCUT2D eigenvalue weighted by Gasteiger charge is 2.24. The molecule has 0 unspecified atom stereocenters.